The van der Waals surface area contributed by atoms with E-state index in [1.807, 2.05) is 13.8 Å². The molecule has 142 valence electrons. The molecule has 0 fully saturated rings. The zero-order chi connectivity index (χ0) is 19.7. The van der Waals surface area contributed by atoms with E-state index in [4.69, 9.17) is 4.74 Å². The highest BCUT2D eigenvalue weighted by Gasteiger charge is 2.15. The zero-order valence-corrected chi connectivity index (χ0v) is 15.9. The lowest BCUT2D eigenvalue weighted by Crippen LogP contribution is -2.34. The van der Waals surface area contributed by atoms with Crippen molar-refractivity contribution in [1.82, 2.24) is 5.32 Å². The molecule has 26 heavy (non-hydrogen) atoms. The van der Waals surface area contributed by atoms with Crippen LogP contribution in [0, 0.1) is 0 Å². The van der Waals surface area contributed by atoms with Gasteiger partial charge in [-0.3, -0.25) is 9.59 Å². The van der Waals surface area contributed by atoms with Crippen LogP contribution in [0.3, 0.4) is 0 Å². The SMILES string of the molecule is CC(C)=CC(=O)Nc1ccc(NC(=O)CCNC(=O)OC(C)(C)C)cc1. The minimum absolute atomic E-state index is 0.123. The smallest absolute Gasteiger partial charge is 0.407 e. The molecule has 3 amide bonds. The molecule has 1 aromatic carbocycles. The molecule has 0 aliphatic rings. The highest BCUT2D eigenvalue weighted by molar-refractivity contribution is 6.00. The summed E-state index contributed by atoms with van der Waals surface area (Å²) in [6.45, 7) is 9.17. The zero-order valence-electron chi connectivity index (χ0n) is 15.9. The van der Waals surface area contributed by atoms with Gasteiger partial charge in [0.1, 0.15) is 5.60 Å². The highest BCUT2D eigenvalue weighted by atomic mass is 16.6. The van der Waals surface area contributed by atoms with E-state index in [0.29, 0.717) is 11.4 Å². The summed E-state index contributed by atoms with van der Waals surface area (Å²) in [5, 5.41) is 7.98. The Kier molecular flexibility index (Phi) is 7.83. The van der Waals surface area contributed by atoms with Gasteiger partial charge in [0.25, 0.3) is 0 Å². The number of hydrogen-bond acceptors (Lipinski definition) is 4. The molecule has 0 radical (unpaired) electrons. The Morgan fingerprint density at radius 2 is 1.54 bits per heavy atom. The second-order valence-corrected chi connectivity index (χ2v) is 7.02. The number of benzene rings is 1. The number of allylic oxidation sites excluding steroid dienone is 1. The van der Waals surface area contributed by atoms with Crippen LogP contribution in [0.1, 0.15) is 41.0 Å². The summed E-state index contributed by atoms with van der Waals surface area (Å²) in [5.41, 5.74) is 1.57. The van der Waals surface area contributed by atoms with Crippen molar-refractivity contribution in [2.75, 3.05) is 17.2 Å². The second kappa shape index (κ2) is 9.60. The van der Waals surface area contributed by atoms with E-state index < -0.39 is 11.7 Å². The number of alkyl carbamates (subject to hydrolysis) is 1. The maximum Gasteiger partial charge on any atom is 0.407 e. The first-order valence-corrected chi connectivity index (χ1v) is 8.38. The third-order valence-electron chi connectivity index (χ3n) is 2.88. The van der Waals surface area contributed by atoms with E-state index in [-0.39, 0.29) is 24.8 Å². The summed E-state index contributed by atoms with van der Waals surface area (Å²) < 4.78 is 5.09. The fraction of sp³-hybridized carbons (Fsp3) is 0.421. The van der Waals surface area contributed by atoms with Gasteiger partial charge in [-0.05, 0) is 58.9 Å². The first kappa shape index (κ1) is 21.2. The van der Waals surface area contributed by atoms with Crippen molar-refractivity contribution in [2.24, 2.45) is 0 Å². The Labute approximate surface area is 154 Å². The molecule has 0 bridgehead atoms. The maximum absolute atomic E-state index is 11.9. The van der Waals surface area contributed by atoms with E-state index in [9.17, 15) is 14.4 Å². The summed E-state index contributed by atoms with van der Waals surface area (Å²) in [7, 11) is 0. The second-order valence-electron chi connectivity index (χ2n) is 7.02. The highest BCUT2D eigenvalue weighted by Crippen LogP contribution is 2.14. The molecular formula is C19H27N3O4. The van der Waals surface area contributed by atoms with E-state index in [1.165, 1.54) is 6.08 Å². The average Bonchev–Trinajstić information content (AvgIpc) is 2.46. The Bertz CT molecular complexity index is 669. The molecule has 1 aromatic rings. The van der Waals surface area contributed by atoms with Crippen molar-refractivity contribution in [1.29, 1.82) is 0 Å². The fourth-order valence-corrected chi connectivity index (χ4v) is 1.89. The molecular weight excluding hydrogens is 334 g/mol. The van der Waals surface area contributed by atoms with Crippen molar-refractivity contribution < 1.29 is 19.1 Å². The minimum Gasteiger partial charge on any atom is -0.444 e. The van der Waals surface area contributed by atoms with E-state index in [0.717, 1.165) is 5.57 Å². The number of carbonyl (C=O) groups excluding carboxylic acids is 3. The normalized spacial score (nSPS) is 10.5. The molecule has 0 unspecified atom stereocenters. The van der Waals surface area contributed by atoms with Gasteiger partial charge >= 0.3 is 6.09 Å². The Hall–Kier alpha value is -2.83. The number of hydrogen-bond donors (Lipinski definition) is 3. The lowest BCUT2D eigenvalue weighted by molar-refractivity contribution is -0.116. The van der Waals surface area contributed by atoms with Gasteiger partial charge in [0, 0.05) is 30.4 Å². The molecule has 0 heterocycles. The van der Waals surface area contributed by atoms with Crippen LogP contribution in [0.15, 0.2) is 35.9 Å². The van der Waals surface area contributed by atoms with Crippen molar-refractivity contribution in [3.63, 3.8) is 0 Å². The molecule has 7 heteroatoms. The van der Waals surface area contributed by atoms with Crippen LogP contribution in [0.4, 0.5) is 16.2 Å². The first-order chi connectivity index (χ1) is 12.0. The number of ether oxygens (including phenoxy) is 1. The lowest BCUT2D eigenvalue weighted by atomic mass is 10.2. The van der Waals surface area contributed by atoms with Crippen LogP contribution in [-0.4, -0.2) is 30.1 Å². The fourth-order valence-electron chi connectivity index (χ4n) is 1.89. The van der Waals surface area contributed by atoms with Crippen LogP contribution in [-0.2, 0) is 14.3 Å². The minimum atomic E-state index is -0.574. The van der Waals surface area contributed by atoms with Gasteiger partial charge in [-0.2, -0.15) is 0 Å². The third kappa shape index (κ3) is 9.46. The maximum atomic E-state index is 11.9. The molecule has 7 nitrogen and oxygen atoms in total. The summed E-state index contributed by atoms with van der Waals surface area (Å²) in [4.78, 5) is 35.0. The first-order valence-electron chi connectivity index (χ1n) is 8.38. The van der Waals surface area contributed by atoms with E-state index in [2.05, 4.69) is 16.0 Å². The number of rotatable bonds is 6. The molecule has 0 atom stereocenters. The number of nitrogens with one attached hydrogen (secondary N) is 3. The molecule has 0 aliphatic carbocycles. The predicted molar refractivity (Wildman–Crippen MR) is 102 cm³/mol. The van der Waals surface area contributed by atoms with Gasteiger partial charge in [0.15, 0.2) is 0 Å². The van der Waals surface area contributed by atoms with Crippen LogP contribution in [0.25, 0.3) is 0 Å². The number of amides is 3. The molecule has 0 saturated carbocycles. The number of anilines is 2. The summed E-state index contributed by atoms with van der Waals surface area (Å²) in [6, 6.07) is 6.78. The quantitative estimate of drug-likeness (QED) is 0.676. The van der Waals surface area contributed by atoms with Crippen molar-refractivity contribution in [3.8, 4) is 0 Å². The van der Waals surface area contributed by atoms with Gasteiger partial charge in [-0.15, -0.1) is 0 Å². The molecule has 0 saturated heterocycles. The molecule has 3 N–H and O–H groups in total. The average molecular weight is 361 g/mol. The largest absolute Gasteiger partial charge is 0.444 e. The van der Waals surface area contributed by atoms with Gasteiger partial charge in [-0.1, -0.05) is 5.57 Å². The standard InChI is InChI=1S/C19H27N3O4/c1-13(2)12-17(24)22-15-8-6-14(7-9-15)21-16(23)10-11-20-18(25)26-19(3,4)5/h6-9,12H,10-11H2,1-5H3,(H,20,25)(H,21,23)(H,22,24). The van der Waals surface area contributed by atoms with Crippen LogP contribution >= 0.6 is 0 Å². The van der Waals surface area contributed by atoms with Crippen molar-refractivity contribution in [3.05, 3.63) is 35.9 Å². The van der Waals surface area contributed by atoms with Crippen LogP contribution in [0.5, 0.6) is 0 Å². The molecule has 1 rings (SSSR count). The van der Waals surface area contributed by atoms with Crippen LogP contribution in [0.2, 0.25) is 0 Å². The molecule has 0 spiro atoms. The number of carbonyl (C=O) groups is 3. The topological polar surface area (TPSA) is 96.5 Å². The van der Waals surface area contributed by atoms with Gasteiger partial charge in [-0.25, -0.2) is 4.79 Å². The summed E-state index contributed by atoms with van der Waals surface area (Å²) >= 11 is 0. The van der Waals surface area contributed by atoms with E-state index >= 15 is 0 Å². The molecule has 0 aromatic heterocycles. The molecule has 0 aliphatic heterocycles. The van der Waals surface area contributed by atoms with E-state index in [1.54, 1.807) is 45.0 Å². The monoisotopic (exact) mass is 361 g/mol. The third-order valence-corrected chi connectivity index (χ3v) is 2.88. The summed E-state index contributed by atoms with van der Waals surface area (Å²) in [6.07, 6.45) is 1.08. The van der Waals surface area contributed by atoms with Crippen molar-refractivity contribution in [2.45, 2.75) is 46.6 Å². The van der Waals surface area contributed by atoms with Gasteiger partial charge in [0.2, 0.25) is 11.8 Å². The summed E-state index contributed by atoms with van der Waals surface area (Å²) in [5.74, 6) is -0.433. The van der Waals surface area contributed by atoms with Gasteiger partial charge in [0.05, 0.1) is 0 Å². The lowest BCUT2D eigenvalue weighted by Gasteiger charge is -2.19. The Morgan fingerprint density at radius 3 is 2.04 bits per heavy atom. The van der Waals surface area contributed by atoms with Crippen LogP contribution < -0.4 is 16.0 Å². The Balaban J connectivity index is 2.40. The predicted octanol–water partition coefficient (Wildman–Crippen LogP) is 3.44. The van der Waals surface area contributed by atoms with Gasteiger partial charge < -0.3 is 20.7 Å². The van der Waals surface area contributed by atoms with Crippen molar-refractivity contribution >= 4 is 29.3 Å². The Morgan fingerprint density at radius 1 is 1.00 bits per heavy atom.